The summed E-state index contributed by atoms with van der Waals surface area (Å²) < 4.78 is 51.7. The molecular weight excluding hydrogens is 326 g/mol. The monoisotopic (exact) mass is 345 g/mol. The van der Waals surface area contributed by atoms with E-state index in [1.54, 1.807) is 6.92 Å². The van der Waals surface area contributed by atoms with Crippen molar-refractivity contribution in [2.45, 2.75) is 25.8 Å². The summed E-state index contributed by atoms with van der Waals surface area (Å²) >= 11 is 0. The first-order valence-corrected chi connectivity index (χ1v) is 9.74. The normalized spacial score (nSPS) is 13.6. The zero-order valence-electron chi connectivity index (χ0n) is 11.7. The zero-order valence-corrected chi connectivity index (χ0v) is 13.4. The lowest BCUT2D eigenvalue weighted by Crippen LogP contribution is -2.43. The van der Waals surface area contributed by atoms with Crippen LogP contribution in [0.15, 0.2) is 0 Å². The maximum absolute atomic E-state index is 11.6. The Kier molecular flexibility index (Phi) is 7.82. The summed E-state index contributed by atoms with van der Waals surface area (Å²) in [6.45, 7) is 1.68. The van der Waals surface area contributed by atoms with Gasteiger partial charge in [0.2, 0.25) is 10.0 Å². The molecule has 0 saturated heterocycles. The van der Waals surface area contributed by atoms with Gasteiger partial charge in [0, 0.05) is 6.26 Å². The molecule has 0 aromatic carbocycles. The number of carboxylic acid groups (broad SMARTS) is 1. The van der Waals surface area contributed by atoms with Crippen molar-refractivity contribution in [1.82, 2.24) is 4.72 Å². The average Bonchev–Trinajstić information content (AvgIpc) is 2.31. The lowest BCUT2D eigenvalue weighted by Gasteiger charge is -2.14. The lowest BCUT2D eigenvalue weighted by molar-refractivity contribution is -0.142. The van der Waals surface area contributed by atoms with Crippen LogP contribution in [0.4, 0.5) is 0 Å². The first kappa shape index (κ1) is 19.8. The molecule has 0 spiro atoms. The van der Waals surface area contributed by atoms with Crippen molar-refractivity contribution < 1.29 is 36.3 Å². The van der Waals surface area contributed by atoms with Gasteiger partial charge in [-0.15, -0.1) is 0 Å². The van der Waals surface area contributed by atoms with Crippen molar-refractivity contribution in [1.29, 1.82) is 0 Å². The molecule has 9 nitrogen and oxygen atoms in total. The van der Waals surface area contributed by atoms with Gasteiger partial charge in [-0.2, -0.15) is 0 Å². The lowest BCUT2D eigenvalue weighted by atomic mass is 10.2. The minimum absolute atomic E-state index is 0.110. The van der Waals surface area contributed by atoms with Gasteiger partial charge in [0.25, 0.3) is 0 Å². The van der Waals surface area contributed by atoms with Gasteiger partial charge in [-0.25, -0.2) is 21.6 Å². The number of ether oxygens (including phenoxy) is 1. The van der Waals surface area contributed by atoms with E-state index in [0.717, 1.165) is 6.26 Å². The predicted octanol–water partition coefficient (Wildman–Crippen LogP) is -1.25. The van der Waals surface area contributed by atoms with E-state index in [-0.39, 0.29) is 6.61 Å². The Balaban J connectivity index is 4.62. The van der Waals surface area contributed by atoms with E-state index >= 15 is 0 Å². The zero-order chi connectivity index (χ0) is 16.7. The summed E-state index contributed by atoms with van der Waals surface area (Å²) in [5.41, 5.74) is 0. The molecule has 0 aliphatic carbocycles. The molecule has 0 fully saturated rings. The Hall–Kier alpha value is -1.20. The number of carboxylic acids is 1. The number of sulfone groups is 1. The highest BCUT2D eigenvalue weighted by Crippen LogP contribution is 2.01. The van der Waals surface area contributed by atoms with Gasteiger partial charge in [-0.1, -0.05) is 0 Å². The third kappa shape index (κ3) is 10.2. The van der Waals surface area contributed by atoms with Gasteiger partial charge in [0.1, 0.15) is 15.9 Å². The second-order valence-electron chi connectivity index (χ2n) is 4.30. The third-order valence-corrected chi connectivity index (χ3v) is 4.64. The van der Waals surface area contributed by atoms with Crippen LogP contribution in [0.25, 0.3) is 0 Å². The SMILES string of the molecule is CCOC(=O)CCS(=O)(=O)NC(CCS(C)(=O)=O)C(=O)O. The molecule has 0 saturated carbocycles. The standard InChI is InChI=1S/C10H19NO8S2/c1-3-19-9(12)5-7-21(17,18)11-8(10(13)14)4-6-20(2,15)16/h8,11H,3-7H2,1-2H3,(H,13,14). The van der Waals surface area contributed by atoms with Gasteiger partial charge >= 0.3 is 11.9 Å². The second kappa shape index (κ2) is 8.29. The maximum Gasteiger partial charge on any atom is 0.321 e. The highest BCUT2D eigenvalue weighted by Gasteiger charge is 2.25. The topological polar surface area (TPSA) is 144 Å². The number of esters is 1. The van der Waals surface area contributed by atoms with Crippen LogP contribution in [-0.4, -0.2) is 64.3 Å². The van der Waals surface area contributed by atoms with Gasteiger partial charge in [0.05, 0.1) is 24.5 Å². The van der Waals surface area contributed by atoms with E-state index in [0.29, 0.717) is 0 Å². The summed E-state index contributed by atoms with van der Waals surface area (Å²) in [5.74, 6) is -3.30. The van der Waals surface area contributed by atoms with Crippen molar-refractivity contribution in [3.8, 4) is 0 Å². The molecule has 21 heavy (non-hydrogen) atoms. The third-order valence-electron chi connectivity index (χ3n) is 2.28. The molecule has 0 rings (SSSR count). The second-order valence-corrected chi connectivity index (χ2v) is 8.43. The van der Waals surface area contributed by atoms with Gasteiger partial charge in [0.15, 0.2) is 0 Å². The van der Waals surface area contributed by atoms with E-state index in [1.807, 2.05) is 4.72 Å². The number of aliphatic carboxylic acids is 1. The molecule has 2 N–H and O–H groups in total. The Labute approximate surface area is 123 Å². The fourth-order valence-electron chi connectivity index (χ4n) is 1.29. The predicted molar refractivity (Wildman–Crippen MR) is 73.9 cm³/mol. The van der Waals surface area contributed by atoms with E-state index in [1.165, 1.54) is 0 Å². The largest absolute Gasteiger partial charge is 0.480 e. The summed E-state index contributed by atoms with van der Waals surface area (Å²) in [5, 5.41) is 8.88. The molecule has 124 valence electrons. The molecule has 1 atom stereocenters. The molecule has 0 bridgehead atoms. The molecule has 11 heteroatoms. The van der Waals surface area contributed by atoms with Crippen LogP contribution in [-0.2, 0) is 34.2 Å². The Bertz CT molecular complexity index is 566. The minimum Gasteiger partial charge on any atom is -0.480 e. The first-order valence-electron chi connectivity index (χ1n) is 6.03. The van der Waals surface area contributed by atoms with Crippen molar-refractivity contribution in [2.75, 3.05) is 24.4 Å². The number of hydrogen-bond donors (Lipinski definition) is 2. The summed E-state index contributed by atoms with van der Waals surface area (Å²) in [7, 11) is -7.45. The Morgan fingerprint density at radius 1 is 1.19 bits per heavy atom. The van der Waals surface area contributed by atoms with Crippen molar-refractivity contribution in [3.05, 3.63) is 0 Å². The summed E-state index contributed by atoms with van der Waals surface area (Å²) in [6, 6.07) is -1.56. The molecule has 0 aromatic heterocycles. The van der Waals surface area contributed by atoms with Crippen LogP contribution in [0.2, 0.25) is 0 Å². The van der Waals surface area contributed by atoms with E-state index in [2.05, 4.69) is 4.74 Å². The molecular formula is C10H19NO8S2. The molecule has 0 radical (unpaired) electrons. The molecule has 0 aliphatic rings. The summed E-state index contributed by atoms with van der Waals surface area (Å²) in [6.07, 6.45) is 0.107. The fraction of sp³-hybridized carbons (Fsp3) is 0.800. The molecule has 0 heterocycles. The van der Waals surface area contributed by atoms with Crippen LogP contribution < -0.4 is 4.72 Å². The minimum atomic E-state index is -4.03. The highest BCUT2D eigenvalue weighted by atomic mass is 32.2. The van der Waals surface area contributed by atoms with Gasteiger partial charge in [-0.3, -0.25) is 9.59 Å². The quantitative estimate of drug-likeness (QED) is 0.467. The number of rotatable bonds is 10. The van der Waals surface area contributed by atoms with Crippen molar-refractivity contribution >= 4 is 31.8 Å². The maximum atomic E-state index is 11.6. The van der Waals surface area contributed by atoms with Gasteiger partial charge in [-0.05, 0) is 13.3 Å². The van der Waals surface area contributed by atoms with Crippen LogP contribution in [0.1, 0.15) is 19.8 Å². The number of sulfonamides is 1. The van der Waals surface area contributed by atoms with Crippen LogP contribution in [0.5, 0.6) is 0 Å². The van der Waals surface area contributed by atoms with Crippen molar-refractivity contribution in [2.24, 2.45) is 0 Å². The van der Waals surface area contributed by atoms with Crippen LogP contribution in [0.3, 0.4) is 0 Å². The summed E-state index contributed by atoms with van der Waals surface area (Å²) in [4.78, 5) is 22.0. The van der Waals surface area contributed by atoms with Gasteiger partial charge < -0.3 is 9.84 Å². The smallest absolute Gasteiger partial charge is 0.321 e. The Morgan fingerprint density at radius 3 is 2.19 bits per heavy atom. The average molecular weight is 345 g/mol. The number of nitrogens with one attached hydrogen (secondary N) is 1. The highest BCUT2D eigenvalue weighted by molar-refractivity contribution is 7.90. The van der Waals surface area contributed by atoms with Crippen LogP contribution in [0, 0.1) is 0 Å². The molecule has 1 unspecified atom stereocenters. The first-order chi connectivity index (χ1) is 9.47. The number of carbonyl (C=O) groups excluding carboxylic acids is 1. The fourth-order valence-corrected chi connectivity index (χ4v) is 3.16. The van der Waals surface area contributed by atoms with Crippen LogP contribution >= 0.6 is 0 Å². The number of hydrogen-bond acceptors (Lipinski definition) is 7. The van der Waals surface area contributed by atoms with Crippen molar-refractivity contribution in [3.63, 3.8) is 0 Å². The van der Waals surface area contributed by atoms with E-state index in [4.69, 9.17) is 5.11 Å². The Morgan fingerprint density at radius 2 is 1.76 bits per heavy atom. The number of carbonyl (C=O) groups is 2. The molecule has 0 aromatic rings. The molecule has 0 aliphatic heterocycles. The van der Waals surface area contributed by atoms with E-state index in [9.17, 15) is 26.4 Å². The van der Waals surface area contributed by atoms with E-state index < -0.39 is 62.2 Å². The molecule has 0 amide bonds.